The molecule has 6 aliphatic rings. The highest BCUT2D eigenvalue weighted by Gasteiger charge is 2.38. The average molecular weight is 1040 g/mol. The molecule has 10 rings (SSSR count). The Kier molecular flexibility index (Phi) is 17.0. The first-order valence-electron chi connectivity index (χ1n) is 27.6. The van der Waals surface area contributed by atoms with Gasteiger partial charge in [0.15, 0.2) is 0 Å². The highest BCUT2D eigenvalue weighted by Crippen LogP contribution is 2.45. The second-order valence-electron chi connectivity index (χ2n) is 21.7. The van der Waals surface area contributed by atoms with E-state index in [1.54, 1.807) is 17.0 Å². The zero-order chi connectivity index (χ0) is 52.0. The Labute approximate surface area is 446 Å². The summed E-state index contributed by atoms with van der Waals surface area (Å²) >= 11 is 6.39. The largest absolute Gasteiger partial charge is 0.448 e. The number of likely N-dealkylation sites (tertiary alicyclic amines) is 2. The number of nitrogens with zero attached hydrogens (tertiary/aromatic N) is 7. The number of carbonyl (C=O) groups is 4. The summed E-state index contributed by atoms with van der Waals surface area (Å²) in [5, 5.41) is 14.3. The van der Waals surface area contributed by atoms with Crippen LogP contribution in [0.3, 0.4) is 0 Å². The first kappa shape index (κ1) is 52.8. The molecule has 0 bridgehead atoms. The minimum Gasteiger partial charge on any atom is -0.448 e. The summed E-state index contributed by atoms with van der Waals surface area (Å²) in [6.45, 7) is 7.43. The van der Waals surface area contributed by atoms with Crippen LogP contribution in [0.4, 0.5) is 10.6 Å². The molecular weight excluding hydrogens is 970 g/mol. The fraction of sp³-hybridized carbons (Fsp3) is 0.552. The lowest BCUT2D eigenvalue weighted by atomic mass is 9.83. The number of halogens is 1. The van der Waals surface area contributed by atoms with Gasteiger partial charge in [0.2, 0.25) is 17.7 Å². The Balaban J connectivity index is 0.762. The molecule has 75 heavy (non-hydrogen) atoms. The van der Waals surface area contributed by atoms with Gasteiger partial charge in [-0.1, -0.05) is 98.5 Å². The molecule has 16 nitrogen and oxygen atoms in total. The molecule has 3 saturated heterocycles. The fourth-order valence-electron chi connectivity index (χ4n) is 12.7. The van der Waals surface area contributed by atoms with Crippen LogP contribution in [0.2, 0.25) is 5.02 Å². The second-order valence-corrected chi connectivity index (χ2v) is 22.2. The molecule has 1 aromatic heterocycles. The van der Waals surface area contributed by atoms with Gasteiger partial charge in [-0.05, 0) is 96.7 Å². The van der Waals surface area contributed by atoms with Crippen LogP contribution in [-0.2, 0) is 23.9 Å². The van der Waals surface area contributed by atoms with Crippen LogP contribution in [0.1, 0.15) is 123 Å². The summed E-state index contributed by atoms with van der Waals surface area (Å²) in [7, 11) is 0. The number of rotatable bonds is 16. The maximum absolute atomic E-state index is 14.9. The summed E-state index contributed by atoms with van der Waals surface area (Å²) in [4.78, 5) is 75.0. The van der Waals surface area contributed by atoms with Crippen LogP contribution >= 0.6 is 11.6 Å². The van der Waals surface area contributed by atoms with Gasteiger partial charge in [-0.2, -0.15) is 0 Å². The number of aromatic nitrogens is 2. The van der Waals surface area contributed by atoms with Crippen LogP contribution in [0.25, 0.3) is 11.1 Å². The zero-order valence-electron chi connectivity index (χ0n) is 43.4. The van der Waals surface area contributed by atoms with Gasteiger partial charge in [0.25, 0.3) is 0 Å². The number of aliphatic hydroxyl groups is 1. The van der Waals surface area contributed by atoms with E-state index in [9.17, 15) is 24.3 Å². The van der Waals surface area contributed by atoms with Gasteiger partial charge in [0.05, 0.1) is 42.5 Å². The van der Waals surface area contributed by atoms with E-state index in [0.717, 1.165) is 98.1 Å². The zero-order valence-corrected chi connectivity index (χ0v) is 44.1. The Hall–Kier alpha value is -5.65. The third kappa shape index (κ3) is 12.2. The summed E-state index contributed by atoms with van der Waals surface area (Å²) in [6, 6.07) is 23.2. The molecule has 0 unspecified atom stereocenters. The molecule has 4 heterocycles. The van der Waals surface area contributed by atoms with Crippen LogP contribution in [0, 0.1) is 5.92 Å². The number of hydrogen-bond donors (Lipinski definition) is 3. The summed E-state index contributed by atoms with van der Waals surface area (Å²) < 4.78 is 12.8. The Bertz CT molecular complexity index is 2580. The predicted molar refractivity (Wildman–Crippen MR) is 287 cm³/mol. The van der Waals surface area contributed by atoms with E-state index < -0.39 is 24.2 Å². The quantitative estimate of drug-likeness (QED) is 0.106. The monoisotopic (exact) mass is 1040 g/mol. The Morgan fingerprint density at radius 2 is 1.41 bits per heavy atom. The molecule has 4 N–H and O–H groups in total. The maximum atomic E-state index is 14.9. The predicted octanol–water partition coefficient (Wildman–Crippen LogP) is 6.85. The van der Waals surface area contributed by atoms with Gasteiger partial charge >= 0.3 is 6.09 Å². The first-order chi connectivity index (χ1) is 36.5. The number of fused-ring (bicyclic) bond motifs is 4. The fourth-order valence-corrected chi connectivity index (χ4v) is 12.8. The van der Waals surface area contributed by atoms with Gasteiger partial charge in [-0.3, -0.25) is 19.3 Å². The van der Waals surface area contributed by atoms with Crippen molar-refractivity contribution in [1.29, 1.82) is 0 Å². The molecule has 4 fully saturated rings. The van der Waals surface area contributed by atoms with Gasteiger partial charge < -0.3 is 45.2 Å². The van der Waals surface area contributed by atoms with Crippen LogP contribution < -0.4 is 16.0 Å². The minimum absolute atomic E-state index is 0.0128. The number of piperazine rings is 1. The molecule has 3 aliphatic heterocycles. The third-order valence-electron chi connectivity index (χ3n) is 16.9. The lowest BCUT2D eigenvalue weighted by Gasteiger charge is -2.38. The molecular formula is C58H74ClN9O7. The van der Waals surface area contributed by atoms with Crippen molar-refractivity contribution >= 4 is 41.2 Å². The number of amides is 4. The summed E-state index contributed by atoms with van der Waals surface area (Å²) in [5.41, 5.74) is 13.3. The maximum Gasteiger partial charge on any atom is 0.409 e. The number of anilines is 1. The van der Waals surface area contributed by atoms with E-state index in [4.69, 9.17) is 26.8 Å². The first-order valence-corrected chi connectivity index (χ1v) is 28.0. The third-order valence-corrected chi connectivity index (χ3v) is 17.2. The molecule has 3 aliphatic carbocycles. The Morgan fingerprint density at radius 3 is 2.08 bits per heavy atom. The highest BCUT2D eigenvalue weighted by atomic mass is 35.5. The van der Waals surface area contributed by atoms with E-state index in [0.29, 0.717) is 67.9 Å². The van der Waals surface area contributed by atoms with Crippen molar-refractivity contribution in [2.45, 2.75) is 113 Å². The lowest BCUT2D eigenvalue weighted by molar-refractivity contribution is -0.138. The molecule has 0 radical (unpaired) electrons. The number of piperidine rings is 2. The van der Waals surface area contributed by atoms with E-state index in [2.05, 4.69) is 56.3 Å². The minimum atomic E-state index is -0.758. The topological polar surface area (TPSA) is 187 Å². The van der Waals surface area contributed by atoms with Crippen molar-refractivity contribution in [3.8, 4) is 11.1 Å². The normalized spacial score (nSPS) is 21.5. The Morgan fingerprint density at radius 1 is 0.787 bits per heavy atom. The van der Waals surface area contributed by atoms with Gasteiger partial charge in [-0.25, -0.2) is 14.8 Å². The summed E-state index contributed by atoms with van der Waals surface area (Å²) in [5.74, 6) is 0.115. The highest BCUT2D eigenvalue weighted by molar-refractivity contribution is 6.30. The van der Waals surface area contributed by atoms with Crippen LogP contribution in [-0.4, -0.2) is 162 Å². The van der Waals surface area contributed by atoms with Gasteiger partial charge in [-0.15, -0.1) is 0 Å². The van der Waals surface area contributed by atoms with Crippen molar-refractivity contribution in [2.75, 3.05) is 90.0 Å². The number of aliphatic hydroxyl groups excluding tert-OH is 1. The van der Waals surface area contributed by atoms with Crippen molar-refractivity contribution < 1.29 is 33.8 Å². The van der Waals surface area contributed by atoms with Gasteiger partial charge in [0.1, 0.15) is 18.8 Å². The van der Waals surface area contributed by atoms with E-state index in [1.165, 1.54) is 12.7 Å². The number of hydrogen-bond acceptors (Lipinski definition) is 12. The second kappa shape index (κ2) is 24.1. The number of ether oxygens (including phenoxy) is 2. The molecule has 17 heteroatoms. The number of nitrogens with two attached hydrogens (primary N) is 1. The number of benzene rings is 3. The molecule has 400 valence electrons. The summed E-state index contributed by atoms with van der Waals surface area (Å²) in [6.07, 6.45) is 10.0. The van der Waals surface area contributed by atoms with Crippen molar-refractivity contribution in [2.24, 2.45) is 11.7 Å². The van der Waals surface area contributed by atoms with Crippen LogP contribution in [0.5, 0.6) is 0 Å². The molecule has 4 atom stereocenters. The van der Waals surface area contributed by atoms with Crippen molar-refractivity contribution in [1.82, 2.24) is 34.9 Å². The van der Waals surface area contributed by atoms with Gasteiger partial charge in [0, 0.05) is 88.5 Å². The average Bonchev–Trinajstić information content (AvgIpc) is 3.93. The van der Waals surface area contributed by atoms with E-state index in [-0.39, 0.29) is 74.6 Å². The molecule has 1 saturated carbocycles. The van der Waals surface area contributed by atoms with Crippen molar-refractivity contribution in [3.05, 3.63) is 112 Å². The van der Waals surface area contributed by atoms with Crippen LogP contribution in [0.15, 0.2) is 79.1 Å². The van der Waals surface area contributed by atoms with Crippen molar-refractivity contribution in [3.63, 3.8) is 0 Å². The molecule has 3 aromatic carbocycles. The SMILES string of the molecule is C[C@@H]1C[C@@H](O)c2ncnc(N3CCN(C(=O)[C@H](CN(CCNC(=O)CN4CCC(OC5CCN(C(=O)[C@H](N)C6CCCCC6)CC5)CC4)C(=O)OCC4c5ccccc5-c5ccccc54)c4ccc(Cl)cc4)CC3)c21. The number of nitrogens with one attached hydrogen (secondary N) is 1. The molecule has 4 amide bonds. The standard InChI is InChI=1S/C58H74ClN9O7/c1-38-33-50(69)54-52(38)55(63-37-62-54)65-29-31-67(32-30-65)56(71)48(39-15-17-41(59)18-16-39)34-68(58(73)74-36-49-46-13-7-5-11-44(46)45-12-6-8-14-47(45)49)28-23-61-51(70)35-64-24-19-42(20-25-64)75-43-21-26-66(27-22-43)57(72)53(60)40-9-3-2-4-10-40/h5-8,11-18,37-38,40,42-43,48-50,53,69H,2-4,9-10,19-36,60H2,1H3,(H,61,70)/t38-,48-,50-,53-/m1/s1. The molecule has 0 spiro atoms. The van der Waals surface area contributed by atoms with E-state index >= 15 is 0 Å². The number of carbonyl (C=O) groups excluding carboxylic acids is 4. The smallest absolute Gasteiger partial charge is 0.409 e. The lowest BCUT2D eigenvalue weighted by Crippen LogP contribution is -2.52. The van der Waals surface area contributed by atoms with E-state index in [1.807, 2.05) is 46.2 Å². The molecule has 4 aromatic rings.